The van der Waals surface area contributed by atoms with E-state index in [1.807, 2.05) is 0 Å². The van der Waals surface area contributed by atoms with Gasteiger partial charge in [-0.05, 0) is 52.4 Å². The van der Waals surface area contributed by atoms with Crippen LogP contribution in [0.4, 0.5) is 0 Å². The molecule has 0 aromatic carbocycles. The molecule has 1 rings (SSSR count). The van der Waals surface area contributed by atoms with Crippen molar-refractivity contribution in [1.29, 1.82) is 0 Å². The molecule has 17 heavy (non-hydrogen) atoms. The van der Waals surface area contributed by atoms with Gasteiger partial charge in [-0.25, -0.2) is 0 Å². The third-order valence-corrected chi connectivity index (χ3v) is 17.7. The van der Waals surface area contributed by atoms with Crippen LogP contribution in [-0.4, -0.2) is 34.2 Å². The minimum Gasteiger partial charge on any atom is -0.416 e. The topological polar surface area (TPSA) is 36.9 Å². The molecule has 0 radical (unpaired) electrons. The summed E-state index contributed by atoms with van der Waals surface area (Å²) in [7, 11) is -8.44. The molecular weight excluding hydrogens is 373 g/mol. The summed E-state index contributed by atoms with van der Waals surface area (Å²) < 4.78 is 24.6. The maximum atomic E-state index is 6.16. The van der Waals surface area contributed by atoms with Crippen molar-refractivity contribution >= 4 is 34.2 Å². The molecule has 1 aliphatic rings. The third-order valence-electron chi connectivity index (χ3n) is 1.97. The van der Waals surface area contributed by atoms with Gasteiger partial charge < -0.3 is 16.5 Å². The first kappa shape index (κ1) is 18.3. The first-order chi connectivity index (χ1) is 6.83. The summed E-state index contributed by atoms with van der Waals surface area (Å²) in [4.78, 5) is 0. The van der Waals surface area contributed by atoms with Crippen LogP contribution in [0.5, 0.6) is 0 Å². The molecule has 1 fully saturated rings. The molecule has 0 amide bonds. The van der Waals surface area contributed by atoms with E-state index in [1.54, 1.807) is 0 Å². The first-order valence-electron chi connectivity index (χ1n) is 5.63. The van der Waals surface area contributed by atoms with Gasteiger partial charge in [0.1, 0.15) is 0 Å². The zero-order valence-corrected chi connectivity index (χ0v) is 17.7. The van der Waals surface area contributed by atoms with Gasteiger partial charge in [-0.1, -0.05) is 0 Å². The van der Waals surface area contributed by atoms with Crippen molar-refractivity contribution in [2.45, 2.75) is 52.4 Å². The predicted octanol–water partition coefficient (Wildman–Crippen LogP) is 2.87. The first-order valence-corrected chi connectivity index (χ1v) is 16.9. The van der Waals surface area contributed by atoms with Crippen molar-refractivity contribution in [1.82, 2.24) is 0 Å². The second kappa shape index (κ2) is 5.37. The van der Waals surface area contributed by atoms with E-state index in [2.05, 4.69) is 52.4 Å². The molecule has 0 aromatic rings. The Hall–Kier alpha value is 1.33. The smallest absolute Gasteiger partial charge is 0.314 e. The van der Waals surface area contributed by atoms with Crippen molar-refractivity contribution in [3.63, 3.8) is 0 Å². The van der Waals surface area contributed by atoms with Crippen molar-refractivity contribution in [3.05, 3.63) is 0 Å². The van der Waals surface area contributed by atoms with E-state index in [1.165, 1.54) is 0 Å². The molecule has 0 aliphatic carbocycles. The van der Waals surface area contributed by atoms with Crippen LogP contribution in [0.15, 0.2) is 0 Å². The summed E-state index contributed by atoms with van der Waals surface area (Å²) in [5, 5.41) is 0. The minimum absolute atomic E-state index is 0. The average molecular weight is 398 g/mol. The van der Waals surface area contributed by atoms with Gasteiger partial charge >= 0.3 is 34.2 Å². The van der Waals surface area contributed by atoms with Crippen LogP contribution in [0.25, 0.3) is 0 Å². The Labute approximate surface area is 122 Å². The Morgan fingerprint density at radius 3 is 0.647 bits per heavy atom. The molecule has 0 aromatic heterocycles. The van der Waals surface area contributed by atoms with Crippen LogP contribution in [-0.2, 0) is 35.9 Å². The summed E-state index contributed by atoms with van der Waals surface area (Å²) in [6.07, 6.45) is 0. The van der Waals surface area contributed by atoms with E-state index < -0.39 is 34.2 Å². The fourth-order valence-corrected chi connectivity index (χ4v) is 23.6. The Balaban J connectivity index is 0.00000256. The van der Waals surface area contributed by atoms with Crippen molar-refractivity contribution in [2.75, 3.05) is 0 Å². The molecule has 0 saturated carbocycles. The minimum atomic E-state index is -2.11. The van der Waals surface area contributed by atoms with Gasteiger partial charge in [-0.15, -0.1) is 0 Å². The zero-order valence-electron chi connectivity index (χ0n) is 12.0. The monoisotopic (exact) mass is 398 g/mol. The van der Waals surface area contributed by atoms with E-state index >= 15 is 0 Å². The molecular formula is C8H24O4RuSi4. The van der Waals surface area contributed by atoms with Gasteiger partial charge in [-0.3, -0.25) is 0 Å². The van der Waals surface area contributed by atoms with Gasteiger partial charge in [-0.2, -0.15) is 0 Å². The number of rotatable bonds is 0. The maximum absolute atomic E-state index is 6.16. The van der Waals surface area contributed by atoms with Crippen LogP contribution < -0.4 is 0 Å². The van der Waals surface area contributed by atoms with Gasteiger partial charge in [0.15, 0.2) is 0 Å². The Bertz CT molecular complexity index is 211. The van der Waals surface area contributed by atoms with E-state index in [-0.39, 0.29) is 19.5 Å². The summed E-state index contributed by atoms with van der Waals surface area (Å²) in [5.41, 5.74) is 0. The average Bonchev–Trinajstić information content (AvgIpc) is 1.67. The quantitative estimate of drug-likeness (QED) is 0.589. The second-order valence-electron chi connectivity index (χ2n) is 6.01. The van der Waals surface area contributed by atoms with E-state index in [9.17, 15) is 0 Å². The van der Waals surface area contributed by atoms with Crippen LogP contribution in [0.1, 0.15) is 0 Å². The molecule has 0 atom stereocenters. The SMILES string of the molecule is C[Si]1(C)O[Si](C)(C)O[Si](C)(C)O[Si](C)(C)O1.[Ru]. The summed E-state index contributed by atoms with van der Waals surface area (Å²) in [6, 6.07) is 0. The fraction of sp³-hybridized carbons (Fsp3) is 1.00. The number of hydrogen-bond acceptors (Lipinski definition) is 4. The van der Waals surface area contributed by atoms with Gasteiger partial charge in [0, 0.05) is 19.5 Å². The molecule has 104 valence electrons. The third kappa shape index (κ3) is 6.35. The fourth-order valence-electron chi connectivity index (χ4n) is 2.45. The Kier molecular flexibility index (Phi) is 5.79. The van der Waals surface area contributed by atoms with E-state index in [4.69, 9.17) is 16.5 Å². The van der Waals surface area contributed by atoms with Crippen molar-refractivity contribution in [2.24, 2.45) is 0 Å². The largest absolute Gasteiger partial charge is 0.416 e. The second-order valence-corrected chi connectivity index (χ2v) is 20.5. The summed E-state index contributed by atoms with van der Waals surface area (Å²) in [5.74, 6) is 0. The van der Waals surface area contributed by atoms with E-state index in [0.717, 1.165) is 0 Å². The molecule has 0 spiro atoms. The number of hydrogen-bond donors (Lipinski definition) is 0. The summed E-state index contributed by atoms with van der Waals surface area (Å²) >= 11 is 0. The van der Waals surface area contributed by atoms with Gasteiger partial charge in [0.2, 0.25) is 0 Å². The van der Waals surface area contributed by atoms with Crippen molar-refractivity contribution < 1.29 is 35.9 Å². The van der Waals surface area contributed by atoms with Crippen LogP contribution >= 0.6 is 0 Å². The molecule has 0 unspecified atom stereocenters. The standard InChI is InChI=1S/C8H24O4Si4.Ru/c1-13(2)9-14(3,4)11-16(7,8)12-15(5,6)10-13;/h1-8H3;. The molecule has 0 bridgehead atoms. The normalized spacial score (nSPS) is 29.6. The molecule has 1 aliphatic heterocycles. The molecule has 4 nitrogen and oxygen atoms in total. The summed E-state index contributed by atoms with van der Waals surface area (Å²) in [6.45, 7) is 16.6. The van der Waals surface area contributed by atoms with Crippen molar-refractivity contribution in [3.8, 4) is 0 Å². The molecule has 0 N–H and O–H groups in total. The molecule has 1 saturated heterocycles. The van der Waals surface area contributed by atoms with Gasteiger partial charge in [0.05, 0.1) is 0 Å². The molecule has 1 heterocycles. The van der Waals surface area contributed by atoms with Crippen LogP contribution in [0, 0.1) is 0 Å². The zero-order chi connectivity index (χ0) is 12.8. The van der Waals surface area contributed by atoms with Crippen LogP contribution in [0.3, 0.4) is 0 Å². The Morgan fingerprint density at radius 2 is 0.529 bits per heavy atom. The van der Waals surface area contributed by atoms with E-state index in [0.29, 0.717) is 0 Å². The Morgan fingerprint density at radius 1 is 0.412 bits per heavy atom. The maximum Gasteiger partial charge on any atom is 0.314 e. The van der Waals surface area contributed by atoms with Gasteiger partial charge in [0.25, 0.3) is 0 Å². The molecule has 9 heteroatoms. The predicted molar refractivity (Wildman–Crippen MR) is 74.3 cm³/mol. The van der Waals surface area contributed by atoms with Crippen LogP contribution in [0.2, 0.25) is 52.4 Å².